The highest BCUT2D eigenvalue weighted by Gasteiger charge is 2.25. The molecule has 102 valence electrons. The van der Waals surface area contributed by atoms with Crippen molar-refractivity contribution in [3.63, 3.8) is 0 Å². The second-order valence-corrected chi connectivity index (χ2v) is 5.18. The van der Waals surface area contributed by atoms with E-state index in [-0.39, 0.29) is 12.2 Å². The Morgan fingerprint density at radius 1 is 1.28 bits per heavy atom. The van der Waals surface area contributed by atoms with Crippen LogP contribution in [0.4, 0.5) is 6.01 Å². The van der Waals surface area contributed by atoms with Crippen LogP contribution >= 0.6 is 0 Å². The van der Waals surface area contributed by atoms with Gasteiger partial charge >= 0.3 is 6.01 Å². The van der Waals surface area contributed by atoms with Gasteiger partial charge in [0.05, 0.1) is 18.8 Å². The zero-order chi connectivity index (χ0) is 13.1. The second-order valence-electron chi connectivity index (χ2n) is 5.18. The fraction of sp³-hybridized carbons (Fsp3) is 0.833. The van der Waals surface area contributed by atoms with Gasteiger partial charge < -0.3 is 19.4 Å². The van der Waals surface area contributed by atoms with Gasteiger partial charge in [-0.2, -0.15) is 0 Å². The zero-order valence-corrected chi connectivity index (χ0v) is 11.5. The van der Waals surface area contributed by atoms with Crippen LogP contribution in [-0.2, 0) is 11.3 Å². The Morgan fingerprint density at radius 2 is 1.94 bits per heavy atom. The number of nitrogens with zero attached hydrogens (tertiary/aromatic N) is 3. The maximum atomic E-state index is 5.68. The van der Waals surface area contributed by atoms with E-state index in [0.717, 1.165) is 13.1 Å². The molecule has 0 bridgehead atoms. The lowest BCUT2D eigenvalue weighted by atomic mass is 10.2. The van der Waals surface area contributed by atoms with Gasteiger partial charge in [-0.3, -0.25) is 0 Å². The summed E-state index contributed by atoms with van der Waals surface area (Å²) in [7, 11) is 0. The smallest absolute Gasteiger partial charge is 0.318 e. The van der Waals surface area contributed by atoms with Crippen molar-refractivity contribution in [1.29, 1.82) is 0 Å². The van der Waals surface area contributed by atoms with Crippen molar-refractivity contribution in [3.8, 4) is 0 Å². The molecule has 0 aromatic carbocycles. The van der Waals surface area contributed by atoms with Crippen LogP contribution in [0.5, 0.6) is 0 Å². The molecule has 2 heterocycles. The normalized spacial score (nSPS) is 24.8. The van der Waals surface area contributed by atoms with Crippen LogP contribution in [0.2, 0.25) is 0 Å². The Bertz CT molecular complexity index is 370. The number of morpholine rings is 1. The highest BCUT2D eigenvalue weighted by Crippen LogP contribution is 2.18. The number of hydrogen-bond acceptors (Lipinski definition) is 6. The minimum absolute atomic E-state index is 0.192. The molecule has 1 saturated heterocycles. The lowest BCUT2D eigenvalue weighted by molar-refractivity contribution is -0.00676. The molecule has 0 saturated carbocycles. The zero-order valence-electron chi connectivity index (χ0n) is 11.5. The number of hydrogen-bond donors (Lipinski definition) is 1. The summed E-state index contributed by atoms with van der Waals surface area (Å²) in [6, 6.07) is 1.00. The van der Waals surface area contributed by atoms with Crippen LogP contribution in [0, 0.1) is 0 Å². The highest BCUT2D eigenvalue weighted by atomic mass is 16.5. The first kappa shape index (κ1) is 13.3. The van der Waals surface area contributed by atoms with E-state index in [0.29, 0.717) is 24.5 Å². The van der Waals surface area contributed by atoms with Crippen molar-refractivity contribution < 1.29 is 9.15 Å². The molecule has 1 aromatic rings. The summed E-state index contributed by atoms with van der Waals surface area (Å²) in [6.45, 7) is 10.5. The van der Waals surface area contributed by atoms with E-state index in [9.17, 15) is 0 Å². The van der Waals surface area contributed by atoms with Crippen LogP contribution in [0.15, 0.2) is 4.42 Å². The standard InChI is InChI=1S/C12H22N4O2/c1-8(2)13-5-11-14-15-12(18-11)16-6-9(3)17-10(4)7-16/h8-10,13H,5-7H2,1-4H3. The summed E-state index contributed by atoms with van der Waals surface area (Å²) in [5.41, 5.74) is 0. The summed E-state index contributed by atoms with van der Waals surface area (Å²) in [5.74, 6) is 0.630. The van der Waals surface area contributed by atoms with E-state index in [4.69, 9.17) is 9.15 Å². The lowest BCUT2D eigenvalue weighted by Crippen LogP contribution is -2.45. The maximum Gasteiger partial charge on any atom is 0.318 e. The molecule has 0 aliphatic carbocycles. The average Bonchev–Trinajstić information content (AvgIpc) is 2.73. The highest BCUT2D eigenvalue weighted by molar-refractivity contribution is 5.25. The Labute approximate surface area is 108 Å². The number of ether oxygens (including phenoxy) is 1. The molecule has 1 fully saturated rings. The largest absolute Gasteiger partial charge is 0.407 e. The topological polar surface area (TPSA) is 63.4 Å². The van der Waals surface area contributed by atoms with Gasteiger partial charge in [-0.05, 0) is 13.8 Å². The van der Waals surface area contributed by atoms with Crippen LogP contribution in [0.1, 0.15) is 33.6 Å². The maximum absolute atomic E-state index is 5.68. The van der Waals surface area contributed by atoms with E-state index in [1.807, 2.05) is 0 Å². The third-order valence-electron chi connectivity index (χ3n) is 2.81. The molecule has 18 heavy (non-hydrogen) atoms. The molecule has 0 amide bonds. The van der Waals surface area contributed by atoms with Crippen LogP contribution in [0.25, 0.3) is 0 Å². The van der Waals surface area contributed by atoms with Crippen LogP contribution in [-0.4, -0.2) is 41.5 Å². The number of rotatable bonds is 4. The summed E-state index contributed by atoms with van der Waals surface area (Å²) in [5, 5.41) is 11.4. The number of aromatic nitrogens is 2. The van der Waals surface area contributed by atoms with Gasteiger partial charge in [0.25, 0.3) is 0 Å². The quantitative estimate of drug-likeness (QED) is 0.870. The van der Waals surface area contributed by atoms with Gasteiger partial charge in [0, 0.05) is 19.1 Å². The molecular weight excluding hydrogens is 232 g/mol. The van der Waals surface area contributed by atoms with Crippen molar-refractivity contribution in [2.45, 2.75) is 52.5 Å². The minimum Gasteiger partial charge on any atom is -0.407 e. The van der Waals surface area contributed by atoms with Crippen LogP contribution in [0.3, 0.4) is 0 Å². The van der Waals surface area contributed by atoms with Gasteiger partial charge in [0.15, 0.2) is 0 Å². The van der Waals surface area contributed by atoms with Gasteiger partial charge in [-0.1, -0.05) is 18.9 Å². The second kappa shape index (κ2) is 5.67. The number of anilines is 1. The first-order chi connectivity index (χ1) is 8.54. The first-order valence-electron chi connectivity index (χ1n) is 6.50. The van der Waals surface area contributed by atoms with Gasteiger partial charge in [-0.25, -0.2) is 0 Å². The SMILES string of the molecule is CC(C)NCc1nnc(N2CC(C)OC(C)C2)o1. The molecular formula is C12H22N4O2. The lowest BCUT2D eigenvalue weighted by Gasteiger charge is -2.33. The van der Waals surface area contributed by atoms with Crippen LogP contribution < -0.4 is 10.2 Å². The van der Waals surface area contributed by atoms with E-state index >= 15 is 0 Å². The molecule has 1 aliphatic heterocycles. The predicted molar refractivity (Wildman–Crippen MR) is 68.5 cm³/mol. The van der Waals surface area contributed by atoms with Crippen molar-refractivity contribution in [1.82, 2.24) is 15.5 Å². The molecule has 0 spiro atoms. The Balaban J connectivity index is 1.96. The number of nitrogens with one attached hydrogen (secondary N) is 1. The Morgan fingerprint density at radius 3 is 2.56 bits per heavy atom. The van der Waals surface area contributed by atoms with Crippen molar-refractivity contribution in [3.05, 3.63) is 5.89 Å². The third kappa shape index (κ3) is 3.43. The van der Waals surface area contributed by atoms with Gasteiger partial charge in [0.1, 0.15) is 0 Å². The molecule has 2 rings (SSSR count). The fourth-order valence-corrected chi connectivity index (χ4v) is 2.07. The van der Waals surface area contributed by atoms with Gasteiger partial charge in [-0.15, -0.1) is 5.10 Å². The molecule has 2 unspecified atom stereocenters. The molecule has 0 radical (unpaired) electrons. The Hall–Kier alpha value is -1.14. The first-order valence-corrected chi connectivity index (χ1v) is 6.50. The molecule has 2 atom stereocenters. The summed E-state index contributed by atoms with van der Waals surface area (Å²) >= 11 is 0. The van der Waals surface area contributed by atoms with Crippen molar-refractivity contribution >= 4 is 6.01 Å². The van der Waals surface area contributed by atoms with Crippen molar-refractivity contribution in [2.75, 3.05) is 18.0 Å². The van der Waals surface area contributed by atoms with Gasteiger partial charge in [0.2, 0.25) is 5.89 Å². The van der Waals surface area contributed by atoms with E-state index in [1.165, 1.54) is 0 Å². The average molecular weight is 254 g/mol. The van der Waals surface area contributed by atoms with E-state index in [2.05, 4.69) is 48.1 Å². The molecule has 6 nitrogen and oxygen atoms in total. The molecule has 1 N–H and O–H groups in total. The predicted octanol–water partition coefficient (Wildman–Crippen LogP) is 1.18. The fourth-order valence-electron chi connectivity index (χ4n) is 2.07. The van der Waals surface area contributed by atoms with E-state index < -0.39 is 0 Å². The van der Waals surface area contributed by atoms with Crippen molar-refractivity contribution in [2.24, 2.45) is 0 Å². The third-order valence-corrected chi connectivity index (χ3v) is 2.81. The molecule has 1 aliphatic rings. The summed E-state index contributed by atoms with van der Waals surface area (Å²) in [6.07, 6.45) is 0.385. The Kier molecular flexibility index (Phi) is 4.19. The molecule has 6 heteroatoms. The van der Waals surface area contributed by atoms with E-state index in [1.54, 1.807) is 0 Å². The summed E-state index contributed by atoms with van der Waals surface area (Å²) < 4.78 is 11.3. The minimum atomic E-state index is 0.192. The summed E-state index contributed by atoms with van der Waals surface area (Å²) in [4.78, 5) is 2.09. The molecule has 1 aromatic heterocycles. The monoisotopic (exact) mass is 254 g/mol.